The van der Waals surface area contributed by atoms with Crippen molar-refractivity contribution < 1.29 is 16.8 Å². The number of rotatable bonds is 5. The molecule has 0 aromatic heterocycles. The molecule has 0 bridgehead atoms. The minimum absolute atomic E-state index is 0.104. The van der Waals surface area contributed by atoms with Gasteiger partial charge in [-0.2, -0.15) is 0 Å². The van der Waals surface area contributed by atoms with Crippen molar-refractivity contribution in [3.63, 3.8) is 0 Å². The third-order valence-corrected chi connectivity index (χ3v) is 10.4. The van der Waals surface area contributed by atoms with Gasteiger partial charge in [0.2, 0.25) is 9.84 Å². The molecule has 8 heteroatoms. The van der Waals surface area contributed by atoms with Crippen molar-refractivity contribution in [2.24, 2.45) is 5.92 Å². The molecular formula is C26H27NO4S3. The summed E-state index contributed by atoms with van der Waals surface area (Å²) in [6.45, 7) is 7.66. The second-order valence-electron chi connectivity index (χ2n) is 8.76. The maximum atomic E-state index is 14.0. The number of hydrogen-bond acceptors (Lipinski definition) is 5. The molecule has 0 spiro atoms. The average molecular weight is 514 g/mol. The van der Waals surface area contributed by atoms with Crippen LogP contribution in [0.4, 0.5) is 0 Å². The lowest BCUT2D eigenvalue weighted by atomic mass is 9.96. The Hall–Kier alpha value is -2.55. The van der Waals surface area contributed by atoms with E-state index >= 15 is 0 Å². The van der Waals surface area contributed by atoms with Crippen molar-refractivity contribution in [2.75, 3.05) is 0 Å². The van der Waals surface area contributed by atoms with E-state index in [1.165, 1.54) is 4.31 Å². The molecule has 5 nitrogen and oxygen atoms in total. The molecule has 4 rings (SSSR count). The molecule has 3 aromatic carbocycles. The van der Waals surface area contributed by atoms with E-state index in [9.17, 15) is 16.8 Å². The van der Waals surface area contributed by atoms with Crippen LogP contribution < -0.4 is 0 Å². The highest BCUT2D eigenvalue weighted by atomic mass is 32.2. The molecular weight excluding hydrogens is 486 g/mol. The molecule has 1 atom stereocenters. The van der Waals surface area contributed by atoms with Gasteiger partial charge in [-0.25, -0.2) is 16.8 Å². The number of fused-ring (bicyclic) bond motifs is 1. The van der Waals surface area contributed by atoms with Gasteiger partial charge in [0, 0.05) is 4.90 Å². The van der Waals surface area contributed by atoms with Crippen LogP contribution >= 0.6 is 11.8 Å². The Kier molecular flexibility index (Phi) is 6.68. The summed E-state index contributed by atoms with van der Waals surface area (Å²) in [6, 6.07) is 20.2. The summed E-state index contributed by atoms with van der Waals surface area (Å²) in [4.78, 5) is 1.10. The van der Waals surface area contributed by atoms with E-state index in [0.29, 0.717) is 0 Å². The SMILES string of the molecule is Cc1ccc(S(=O)(=O)/C=C2\Sc3ccccc3[C@@H](C(C)C)N2S(=O)(=O)c2ccc(C)cc2)cc1. The van der Waals surface area contributed by atoms with Crippen LogP contribution in [0.5, 0.6) is 0 Å². The Balaban J connectivity index is 1.95. The summed E-state index contributed by atoms with van der Waals surface area (Å²) >= 11 is 1.16. The Bertz CT molecular complexity index is 1440. The van der Waals surface area contributed by atoms with Crippen molar-refractivity contribution in [3.8, 4) is 0 Å². The first kappa shape index (κ1) is 24.6. The molecule has 1 heterocycles. The lowest BCUT2D eigenvalue weighted by molar-refractivity contribution is 0.312. The maximum Gasteiger partial charge on any atom is 0.265 e. The molecule has 0 amide bonds. The molecule has 3 aromatic rings. The fraction of sp³-hybridized carbons (Fsp3) is 0.231. The second-order valence-corrected chi connectivity index (χ2v) is 13.4. The third kappa shape index (κ3) is 4.67. The Labute approximate surface area is 206 Å². The van der Waals surface area contributed by atoms with Crippen LogP contribution in [0.3, 0.4) is 0 Å². The van der Waals surface area contributed by atoms with Gasteiger partial charge in [0.1, 0.15) is 5.03 Å². The number of sulfone groups is 1. The van der Waals surface area contributed by atoms with E-state index < -0.39 is 25.9 Å². The van der Waals surface area contributed by atoms with E-state index in [1.54, 1.807) is 48.5 Å². The highest BCUT2D eigenvalue weighted by Crippen LogP contribution is 2.50. The van der Waals surface area contributed by atoms with E-state index in [2.05, 4.69) is 0 Å². The molecule has 34 heavy (non-hydrogen) atoms. The summed E-state index contributed by atoms with van der Waals surface area (Å²) in [5.41, 5.74) is 2.74. The lowest BCUT2D eigenvalue weighted by Crippen LogP contribution is -2.38. The van der Waals surface area contributed by atoms with Gasteiger partial charge in [-0.1, -0.05) is 79.2 Å². The highest BCUT2D eigenvalue weighted by molar-refractivity contribution is 8.05. The average Bonchev–Trinajstić information content (AvgIpc) is 2.78. The zero-order chi connectivity index (χ0) is 24.7. The van der Waals surface area contributed by atoms with Gasteiger partial charge in [-0.15, -0.1) is 0 Å². The number of hydrogen-bond donors (Lipinski definition) is 0. The maximum absolute atomic E-state index is 14.0. The van der Waals surface area contributed by atoms with Gasteiger partial charge in [0.05, 0.1) is 21.2 Å². The van der Waals surface area contributed by atoms with Crippen LogP contribution in [0.2, 0.25) is 0 Å². The summed E-state index contributed by atoms with van der Waals surface area (Å²) in [5, 5.41) is 1.26. The number of nitrogens with zero attached hydrogens (tertiary/aromatic N) is 1. The fourth-order valence-corrected chi connectivity index (χ4v) is 8.58. The quantitative estimate of drug-likeness (QED) is 0.414. The Morgan fingerprint density at radius 3 is 1.88 bits per heavy atom. The minimum Gasteiger partial charge on any atom is -0.252 e. The summed E-state index contributed by atoms with van der Waals surface area (Å²) in [5.74, 6) is -0.104. The standard InChI is InChI=1S/C26H27NO4S3/c1-18(2)26-23-7-5-6-8-24(23)32-25(17-33(28,29)21-13-9-19(3)10-14-21)27(26)34(30,31)22-15-11-20(4)12-16-22/h5-18,26H,1-4H3/b25-17-/t26-/m1/s1. The summed E-state index contributed by atoms with van der Waals surface area (Å²) in [7, 11) is -7.95. The van der Waals surface area contributed by atoms with Crippen LogP contribution in [0.15, 0.2) is 97.9 Å². The third-order valence-electron chi connectivity index (χ3n) is 5.74. The number of sulfonamides is 1. The van der Waals surface area contributed by atoms with Crippen molar-refractivity contribution >= 4 is 31.6 Å². The van der Waals surface area contributed by atoms with Crippen molar-refractivity contribution in [2.45, 2.75) is 48.4 Å². The summed E-state index contributed by atoms with van der Waals surface area (Å²) in [6.07, 6.45) is 0. The zero-order valence-corrected chi connectivity index (χ0v) is 21.9. The molecule has 0 fully saturated rings. The number of thioether (sulfide) groups is 1. The normalized spacial score (nSPS) is 17.7. The van der Waals surface area contributed by atoms with Gasteiger partial charge in [0.25, 0.3) is 10.0 Å². The molecule has 178 valence electrons. The van der Waals surface area contributed by atoms with Gasteiger partial charge < -0.3 is 0 Å². The predicted molar refractivity (Wildman–Crippen MR) is 137 cm³/mol. The lowest BCUT2D eigenvalue weighted by Gasteiger charge is -2.41. The largest absolute Gasteiger partial charge is 0.265 e. The second kappa shape index (κ2) is 9.24. The molecule has 0 saturated heterocycles. The minimum atomic E-state index is -4.05. The molecule has 0 N–H and O–H groups in total. The molecule has 0 radical (unpaired) electrons. The zero-order valence-electron chi connectivity index (χ0n) is 19.5. The fourth-order valence-electron chi connectivity index (χ4n) is 3.97. The smallest absolute Gasteiger partial charge is 0.252 e. The first-order valence-corrected chi connectivity index (χ1v) is 14.7. The van der Waals surface area contributed by atoms with Crippen molar-refractivity contribution in [3.05, 3.63) is 99.9 Å². The van der Waals surface area contributed by atoms with Gasteiger partial charge in [-0.3, -0.25) is 4.31 Å². The molecule has 0 saturated carbocycles. The monoisotopic (exact) mass is 513 g/mol. The number of benzene rings is 3. The predicted octanol–water partition coefficient (Wildman–Crippen LogP) is 6.07. The van der Waals surface area contributed by atoms with E-state index in [-0.39, 0.29) is 20.7 Å². The van der Waals surface area contributed by atoms with Gasteiger partial charge in [-0.05, 0) is 55.7 Å². The molecule has 1 aliphatic rings. The van der Waals surface area contributed by atoms with Crippen LogP contribution in [0.1, 0.15) is 36.6 Å². The van der Waals surface area contributed by atoms with Gasteiger partial charge >= 0.3 is 0 Å². The van der Waals surface area contributed by atoms with Crippen LogP contribution in [-0.4, -0.2) is 21.1 Å². The Morgan fingerprint density at radius 2 is 1.32 bits per heavy atom. The van der Waals surface area contributed by atoms with Crippen molar-refractivity contribution in [1.82, 2.24) is 4.31 Å². The molecule has 1 aliphatic heterocycles. The van der Waals surface area contributed by atoms with Crippen LogP contribution in [-0.2, 0) is 19.9 Å². The first-order valence-electron chi connectivity index (χ1n) is 10.9. The van der Waals surface area contributed by atoms with Gasteiger partial charge in [0.15, 0.2) is 0 Å². The van der Waals surface area contributed by atoms with E-state index in [0.717, 1.165) is 38.8 Å². The van der Waals surface area contributed by atoms with Crippen LogP contribution in [0.25, 0.3) is 0 Å². The Morgan fingerprint density at radius 1 is 0.794 bits per heavy atom. The molecule has 0 unspecified atom stereocenters. The topological polar surface area (TPSA) is 71.5 Å². The molecule has 0 aliphatic carbocycles. The highest BCUT2D eigenvalue weighted by Gasteiger charge is 2.41. The first-order chi connectivity index (χ1) is 16.0. The summed E-state index contributed by atoms with van der Waals surface area (Å²) < 4.78 is 55.9. The number of aryl methyl sites for hydroxylation is 2. The van der Waals surface area contributed by atoms with Crippen LogP contribution in [0, 0.1) is 19.8 Å². The van der Waals surface area contributed by atoms with Crippen molar-refractivity contribution in [1.29, 1.82) is 0 Å². The van der Waals surface area contributed by atoms with E-state index in [4.69, 9.17) is 0 Å². The van der Waals surface area contributed by atoms with E-state index in [1.807, 2.05) is 52.0 Å².